The number of anilines is 1. The standard InChI is InChI=1S/C17H21N3O3/c1-2-23-17(22)14-7-5-9-20(11-14)12-16(21)19-15-8-4-3-6-13(15)10-18/h3-4,6,8,14H,2,5,7,9,11-12H2,1H3,(H,19,21)/t14-/m0/s1. The number of para-hydroxylation sites is 1. The van der Waals surface area contributed by atoms with Gasteiger partial charge in [0, 0.05) is 6.54 Å². The van der Waals surface area contributed by atoms with Gasteiger partial charge in [0.25, 0.3) is 0 Å². The maximum absolute atomic E-state index is 12.2. The van der Waals surface area contributed by atoms with Gasteiger partial charge in [-0.1, -0.05) is 12.1 Å². The number of esters is 1. The molecule has 1 fully saturated rings. The smallest absolute Gasteiger partial charge is 0.310 e. The van der Waals surface area contributed by atoms with Gasteiger partial charge in [-0.15, -0.1) is 0 Å². The van der Waals surface area contributed by atoms with Crippen LogP contribution in [0.15, 0.2) is 24.3 Å². The molecule has 1 amide bonds. The maximum atomic E-state index is 12.2. The van der Waals surface area contributed by atoms with Crippen molar-refractivity contribution >= 4 is 17.6 Å². The molecule has 122 valence electrons. The first-order valence-corrected chi connectivity index (χ1v) is 7.82. The lowest BCUT2D eigenvalue weighted by Crippen LogP contribution is -2.43. The van der Waals surface area contributed by atoms with E-state index in [1.807, 2.05) is 4.90 Å². The Bertz CT molecular complexity index is 609. The van der Waals surface area contributed by atoms with E-state index < -0.39 is 0 Å². The quantitative estimate of drug-likeness (QED) is 0.837. The van der Waals surface area contributed by atoms with Crippen molar-refractivity contribution in [3.05, 3.63) is 29.8 Å². The summed E-state index contributed by atoms with van der Waals surface area (Å²) >= 11 is 0. The summed E-state index contributed by atoms with van der Waals surface area (Å²) in [6, 6.07) is 8.94. The van der Waals surface area contributed by atoms with Crippen LogP contribution in [0.1, 0.15) is 25.3 Å². The molecule has 6 nitrogen and oxygen atoms in total. The van der Waals surface area contributed by atoms with E-state index in [0.717, 1.165) is 19.4 Å². The molecule has 2 rings (SSSR count). The van der Waals surface area contributed by atoms with E-state index in [2.05, 4.69) is 11.4 Å². The minimum atomic E-state index is -0.188. The number of nitriles is 1. The Kier molecular flexibility index (Phi) is 6.12. The van der Waals surface area contributed by atoms with E-state index in [-0.39, 0.29) is 24.3 Å². The number of rotatable bonds is 5. The molecule has 1 saturated heterocycles. The van der Waals surface area contributed by atoms with E-state index in [9.17, 15) is 9.59 Å². The molecule has 0 unspecified atom stereocenters. The second-order valence-electron chi connectivity index (χ2n) is 5.53. The van der Waals surface area contributed by atoms with Crippen LogP contribution in [0.4, 0.5) is 5.69 Å². The van der Waals surface area contributed by atoms with Crippen LogP contribution in [0, 0.1) is 17.2 Å². The van der Waals surface area contributed by atoms with E-state index in [4.69, 9.17) is 10.00 Å². The third-order valence-corrected chi connectivity index (χ3v) is 3.81. The van der Waals surface area contributed by atoms with Crippen molar-refractivity contribution in [3.63, 3.8) is 0 Å². The lowest BCUT2D eigenvalue weighted by atomic mass is 9.98. The molecule has 1 aliphatic rings. The zero-order chi connectivity index (χ0) is 16.7. The van der Waals surface area contributed by atoms with Crippen LogP contribution >= 0.6 is 0 Å². The molecule has 1 N–H and O–H groups in total. The second-order valence-corrected chi connectivity index (χ2v) is 5.53. The molecule has 6 heteroatoms. The lowest BCUT2D eigenvalue weighted by molar-refractivity contribution is -0.150. The van der Waals surface area contributed by atoms with Gasteiger partial charge in [-0.3, -0.25) is 14.5 Å². The molecule has 1 heterocycles. The van der Waals surface area contributed by atoms with Crippen LogP contribution in [0.5, 0.6) is 0 Å². The third kappa shape index (κ3) is 4.80. The summed E-state index contributed by atoms with van der Waals surface area (Å²) in [5.41, 5.74) is 0.947. The number of carbonyl (C=O) groups is 2. The predicted molar refractivity (Wildman–Crippen MR) is 85.6 cm³/mol. The van der Waals surface area contributed by atoms with E-state index >= 15 is 0 Å². The molecule has 1 atom stereocenters. The van der Waals surface area contributed by atoms with Gasteiger partial charge in [0.2, 0.25) is 5.91 Å². The van der Waals surface area contributed by atoms with Crippen LogP contribution in [0.25, 0.3) is 0 Å². The fourth-order valence-electron chi connectivity index (χ4n) is 2.73. The fourth-order valence-corrected chi connectivity index (χ4v) is 2.73. The average Bonchev–Trinajstić information content (AvgIpc) is 2.55. The monoisotopic (exact) mass is 315 g/mol. The van der Waals surface area contributed by atoms with Crippen molar-refractivity contribution in [2.75, 3.05) is 31.6 Å². The molecule has 0 aromatic heterocycles. The van der Waals surface area contributed by atoms with Gasteiger partial charge >= 0.3 is 5.97 Å². The molecule has 1 aromatic carbocycles. The van der Waals surface area contributed by atoms with Gasteiger partial charge in [-0.2, -0.15) is 5.26 Å². The predicted octanol–water partition coefficient (Wildman–Crippen LogP) is 1.77. The summed E-state index contributed by atoms with van der Waals surface area (Å²) in [6.07, 6.45) is 1.67. The number of amides is 1. The number of benzene rings is 1. The molecular weight excluding hydrogens is 294 g/mol. The van der Waals surface area contributed by atoms with Crippen LogP contribution in [-0.4, -0.2) is 43.0 Å². The average molecular weight is 315 g/mol. The Morgan fingerprint density at radius 1 is 1.43 bits per heavy atom. The number of ether oxygens (including phenoxy) is 1. The van der Waals surface area contributed by atoms with Gasteiger partial charge in [-0.05, 0) is 38.4 Å². The molecule has 1 aliphatic heterocycles. The molecule has 0 aliphatic carbocycles. The topological polar surface area (TPSA) is 82.4 Å². The number of carbonyl (C=O) groups excluding carboxylic acids is 2. The highest BCUT2D eigenvalue weighted by molar-refractivity contribution is 5.93. The van der Waals surface area contributed by atoms with Crippen LogP contribution in [-0.2, 0) is 14.3 Å². The SMILES string of the molecule is CCOC(=O)[C@H]1CCCN(CC(=O)Nc2ccccc2C#N)C1. The van der Waals surface area contributed by atoms with E-state index in [1.54, 1.807) is 31.2 Å². The van der Waals surface area contributed by atoms with Crippen molar-refractivity contribution in [2.24, 2.45) is 5.92 Å². The Morgan fingerprint density at radius 3 is 2.96 bits per heavy atom. The fraction of sp³-hybridized carbons (Fsp3) is 0.471. The normalized spacial score (nSPS) is 18.0. The zero-order valence-electron chi connectivity index (χ0n) is 13.2. The maximum Gasteiger partial charge on any atom is 0.310 e. The van der Waals surface area contributed by atoms with Gasteiger partial charge in [0.15, 0.2) is 0 Å². The summed E-state index contributed by atoms with van der Waals surface area (Å²) in [7, 11) is 0. The second kappa shape index (κ2) is 8.30. The Hall–Kier alpha value is -2.39. The van der Waals surface area contributed by atoms with Gasteiger partial charge in [-0.25, -0.2) is 0 Å². The molecular formula is C17H21N3O3. The first-order chi connectivity index (χ1) is 11.1. The molecule has 0 bridgehead atoms. The van der Waals surface area contributed by atoms with Crippen molar-refractivity contribution in [3.8, 4) is 6.07 Å². The Labute approximate surface area is 136 Å². The van der Waals surface area contributed by atoms with Crippen molar-refractivity contribution in [1.82, 2.24) is 4.90 Å². The summed E-state index contributed by atoms with van der Waals surface area (Å²) < 4.78 is 5.06. The number of likely N-dealkylation sites (tertiary alicyclic amines) is 1. The first kappa shape index (κ1) is 17.0. The number of hydrogen-bond acceptors (Lipinski definition) is 5. The van der Waals surface area contributed by atoms with Gasteiger partial charge in [0.05, 0.1) is 30.3 Å². The zero-order valence-corrected chi connectivity index (χ0v) is 13.2. The first-order valence-electron chi connectivity index (χ1n) is 7.82. The number of nitrogens with one attached hydrogen (secondary N) is 1. The lowest BCUT2D eigenvalue weighted by Gasteiger charge is -2.30. The minimum Gasteiger partial charge on any atom is -0.466 e. The highest BCUT2D eigenvalue weighted by atomic mass is 16.5. The molecule has 1 aromatic rings. The van der Waals surface area contributed by atoms with Gasteiger partial charge in [0.1, 0.15) is 6.07 Å². The van der Waals surface area contributed by atoms with Crippen molar-refractivity contribution < 1.29 is 14.3 Å². The van der Waals surface area contributed by atoms with Crippen molar-refractivity contribution in [2.45, 2.75) is 19.8 Å². The van der Waals surface area contributed by atoms with Crippen LogP contribution in [0.3, 0.4) is 0 Å². The molecule has 0 spiro atoms. The summed E-state index contributed by atoms with van der Waals surface area (Å²) in [4.78, 5) is 25.9. The highest BCUT2D eigenvalue weighted by Gasteiger charge is 2.27. The van der Waals surface area contributed by atoms with Crippen LogP contribution < -0.4 is 5.32 Å². The Balaban J connectivity index is 1.90. The van der Waals surface area contributed by atoms with Gasteiger partial charge < -0.3 is 10.1 Å². The van der Waals surface area contributed by atoms with Crippen LogP contribution in [0.2, 0.25) is 0 Å². The number of piperidine rings is 1. The summed E-state index contributed by atoms with van der Waals surface area (Å²) in [5, 5.41) is 11.8. The third-order valence-electron chi connectivity index (χ3n) is 3.81. The van der Waals surface area contributed by atoms with Crippen molar-refractivity contribution in [1.29, 1.82) is 5.26 Å². The molecule has 23 heavy (non-hydrogen) atoms. The van der Waals surface area contributed by atoms with E-state index in [0.29, 0.717) is 24.4 Å². The van der Waals surface area contributed by atoms with E-state index in [1.165, 1.54) is 0 Å². The molecule has 0 radical (unpaired) electrons. The Morgan fingerprint density at radius 2 is 2.22 bits per heavy atom. The highest BCUT2D eigenvalue weighted by Crippen LogP contribution is 2.18. The molecule has 0 saturated carbocycles. The summed E-state index contributed by atoms with van der Waals surface area (Å²) in [6.45, 7) is 3.68. The number of hydrogen-bond donors (Lipinski definition) is 1. The largest absolute Gasteiger partial charge is 0.466 e. The minimum absolute atomic E-state index is 0.164. The number of nitrogens with zero attached hydrogens (tertiary/aromatic N) is 2. The summed E-state index contributed by atoms with van der Waals surface area (Å²) in [5.74, 6) is -0.535.